The second kappa shape index (κ2) is 4.87. The van der Waals surface area contributed by atoms with Crippen LogP contribution in [0.2, 0.25) is 0 Å². The van der Waals surface area contributed by atoms with E-state index in [2.05, 4.69) is 10.5 Å². The number of hydrogen-bond donors (Lipinski definition) is 2. The summed E-state index contributed by atoms with van der Waals surface area (Å²) >= 11 is 0. The summed E-state index contributed by atoms with van der Waals surface area (Å²) in [6, 6.07) is 4.54. The molecule has 0 unspecified atom stereocenters. The Labute approximate surface area is 90.5 Å². The van der Waals surface area contributed by atoms with Gasteiger partial charge in [-0.25, -0.2) is 0 Å². The normalized spacial score (nSPS) is 10.3. The van der Waals surface area contributed by atoms with Gasteiger partial charge in [0.25, 0.3) is 11.6 Å². The fourth-order valence-electron chi connectivity index (χ4n) is 1.22. The predicted octanol–water partition coefficient (Wildman–Crippen LogP) is 1.30. The van der Waals surface area contributed by atoms with E-state index < -0.39 is 10.8 Å². The quantitative estimate of drug-likeness (QED) is 0.348. The molecule has 1 aromatic carbocycles. The largest absolute Gasteiger partial charge is 0.411 e. The summed E-state index contributed by atoms with van der Waals surface area (Å²) in [6.45, 7) is 1.56. The van der Waals surface area contributed by atoms with Gasteiger partial charge in [-0.05, 0) is 13.0 Å². The van der Waals surface area contributed by atoms with Crippen molar-refractivity contribution in [1.29, 1.82) is 0 Å². The molecule has 0 aliphatic heterocycles. The fraction of sp³-hybridized carbons (Fsp3) is 0.111. The van der Waals surface area contributed by atoms with Gasteiger partial charge >= 0.3 is 0 Å². The molecule has 0 heterocycles. The highest BCUT2D eigenvalue weighted by molar-refractivity contribution is 6.31. The first-order valence-electron chi connectivity index (χ1n) is 4.28. The first-order valence-corrected chi connectivity index (χ1v) is 4.28. The molecule has 0 saturated heterocycles. The van der Waals surface area contributed by atoms with E-state index in [4.69, 9.17) is 5.21 Å². The van der Waals surface area contributed by atoms with Crippen LogP contribution in [0.4, 0.5) is 11.4 Å². The van der Waals surface area contributed by atoms with E-state index in [1.54, 1.807) is 19.1 Å². The van der Waals surface area contributed by atoms with E-state index in [0.717, 1.165) is 0 Å². The number of hydrogen-bond acceptors (Lipinski definition) is 5. The van der Waals surface area contributed by atoms with Gasteiger partial charge in [0.05, 0.1) is 4.92 Å². The first kappa shape index (κ1) is 11.6. The van der Waals surface area contributed by atoms with Crippen LogP contribution in [0.25, 0.3) is 0 Å². The number of nitrogens with zero attached hydrogens (tertiary/aromatic N) is 2. The Kier molecular flexibility index (Phi) is 3.54. The molecule has 1 rings (SSSR count). The van der Waals surface area contributed by atoms with Gasteiger partial charge < -0.3 is 10.5 Å². The molecule has 0 atom stereocenters. The number of para-hydroxylation sites is 1. The molecule has 84 valence electrons. The van der Waals surface area contributed by atoms with Gasteiger partial charge in [0.15, 0.2) is 0 Å². The van der Waals surface area contributed by atoms with Crippen molar-refractivity contribution in [1.82, 2.24) is 0 Å². The maximum Gasteiger partial charge on any atom is 0.295 e. The Balaban J connectivity index is 3.09. The third-order valence-electron chi connectivity index (χ3n) is 1.85. The van der Waals surface area contributed by atoms with Crippen molar-refractivity contribution in [2.24, 2.45) is 5.16 Å². The average Bonchev–Trinajstić information content (AvgIpc) is 2.17. The third-order valence-corrected chi connectivity index (χ3v) is 1.85. The van der Waals surface area contributed by atoms with Crippen LogP contribution in [-0.2, 0) is 4.79 Å². The Morgan fingerprint density at radius 2 is 2.31 bits per heavy atom. The highest BCUT2D eigenvalue weighted by Crippen LogP contribution is 2.27. The van der Waals surface area contributed by atoms with Crippen LogP contribution in [0.3, 0.4) is 0 Å². The molecule has 0 saturated carbocycles. The molecule has 0 aliphatic carbocycles. The van der Waals surface area contributed by atoms with Crippen molar-refractivity contribution in [2.45, 2.75) is 6.92 Å². The molecule has 0 spiro atoms. The molecular weight excluding hydrogens is 214 g/mol. The van der Waals surface area contributed by atoms with E-state index in [1.165, 1.54) is 6.07 Å². The van der Waals surface area contributed by atoms with Crippen LogP contribution in [0.1, 0.15) is 5.56 Å². The number of oxime groups is 1. The standard InChI is InChI=1S/C9H9N3O4/c1-6-3-2-4-7(9(6)12(15)16)11-8(13)5-10-14/h2-5,14H,1H3,(H,11,13)/b10-5+. The third kappa shape index (κ3) is 2.53. The average molecular weight is 223 g/mol. The predicted molar refractivity (Wildman–Crippen MR) is 56.7 cm³/mol. The van der Waals surface area contributed by atoms with Crippen molar-refractivity contribution in [3.8, 4) is 0 Å². The van der Waals surface area contributed by atoms with Crippen molar-refractivity contribution >= 4 is 23.5 Å². The molecule has 16 heavy (non-hydrogen) atoms. The van der Waals surface area contributed by atoms with Gasteiger partial charge in [-0.15, -0.1) is 0 Å². The van der Waals surface area contributed by atoms with E-state index >= 15 is 0 Å². The lowest BCUT2D eigenvalue weighted by molar-refractivity contribution is -0.384. The van der Waals surface area contributed by atoms with Gasteiger partial charge in [-0.3, -0.25) is 14.9 Å². The van der Waals surface area contributed by atoms with Crippen molar-refractivity contribution in [3.63, 3.8) is 0 Å². The van der Waals surface area contributed by atoms with E-state index in [0.29, 0.717) is 11.8 Å². The summed E-state index contributed by atoms with van der Waals surface area (Å²) in [5, 5.41) is 23.6. The lowest BCUT2D eigenvalue weighted by Gasteiger charge is -2.04. The molecule has 2 N–H and O–H groups in total. The summed E-state index contributed by atoms with van der Waals surface area (Å²) in [5.41, 5.74) is 0.320. The molecule has 0 aromatic heterocycles. The maximum atomic E-state index is 11.1. The Bertz CT molecular complexity index is 456. The van der Waals surface area contributed by atoms with Gasteiger partial charge in [0, 0.05) is 5.56 Å². The number of nitro groups is 1. The Morgan fingerprint density at radius 1 is 1.62 bits per heavy atom. The molecule has 1 aromatic rings. The number of carbonyl (C=O) groups is 1. The van der Waals surface area contributed by atoms with Crippen LogP contribution >= 0.6 is 0 Å². The van der Waals surface area contributed by atoms with Crippen LogP contribution < -0.4 is 5.32 Å². The molecule has 0 aliphatic rings. The molecule has 0 fully saturated rings. The molecule has 0 bridgehead atoms. The summed E-state index contributed by atoms with van der Waals surface area (Å²) in [6.07, 6.45) is 0.617. The smallest absolute Gasteiger partial charge is 0.295 e. The van der Waals surface area contributed by atoms with E-state index in [-0.39, 0.29) is 11.4 Å². The van der Waals surface area contributed by atoms with Crippen molar-refractivity contribution < 1.29 is 14.9 Å². The second-order valence-corrected chi connectivity index (χ2v) is 2.96. The summed E-state index contributed by atoms with van der Waals surface area (Å²) in [5.74, 6) is -0.740. The summed E-state index contributed by atoms with van der Waals surface area (Å²) < 4.78 is 0. The Hall–Kier alpha value is -2.44. The highest BCUT2D eigenvalue weighted by atomic mass is 16.6. The molecular formula is C9H9N3O4. The highest BCUT2D eigenvalue weighted by Gasteiger charge is 2.17. The Morgan fingerprint density at radius 3 is 2.88 bits per heavy atom. The lowest BCUT2D eigenvalue weighted by Crippen LogP contribution is -2.14. The van der Waals surface area contributed by atoms with Gasteiger partial charge in [0.2, 0.25) is 0 Å². The molecule has 1 amide bonds. The topological polar surface area (TPSA) is 105 Å². The maximum absolute atomic E-state index is 11.1. The second-order valence-electron chi connectivity index (χ2n) is 2.96. The summed E-state index contributed by atoms with van der Waals surface area (Å²) in [7, 11) is 0. The zero-order valence-electron chi connectivity index (χ0n) is 8.38. The number of rotatable bonds is 3. The van der Waals surface area contributed by atoms with Gasteiger partial charge in [-0.2, -0.15) is 0 Å². The minimum Gasteiger partial charge on any atom is -0.411 e. The number of nitro benzene ring substituents is 1. The number of aryl methyl sites for hydroxylation is 1. The van der Waals surface area contributed by atoms with Gasteiger partial charge in [-0.1, -0.05) is 17.3 Å². The monoisotopic (exact) mass is 223 g/mol. The van der Waals surface area contributed by atoms with Crippen molar-refractivity contribution in [3.05, 3.63) is 33.9 Å². The zero-order valence-corrected chi connectivity index (χ0v) is 8.38. The van der Waals surface area contributed by atoms with Crippen LogP contribution in [-0.4, -0.2) is 22.3 Å². The first-order chi connectivity index (χ1) is 7.56. The number of anilines is 1. The van der Waals surface area contributed by atoms with Crippen LogP contribution in [0, 0.1) is 17.0 Å². The number of nitrogens with one attached hydrogen (secondary N) is 1. The minimum atomic E-state index is -0.740. The van der Waals surface area contributed by atoms with E-state index in [1.807, 2.05) is 0 Å². The lowest BCUT2D eigenvalue weighted by atomic mass is 10.1. The molecule has 7 heteroatoms. The number of carbonyl (C=O) groups excluding carboxylic acids is 1. The number of benzene rings is 1. The minimum absolute atomic E-state index is 0.0647. The molecule has 0 radical (unpaired) electrons. The fourth-order valence-corrected chi connectivity index (χ4v) is 1.22. The molecule has 7 nitrogen and oxygen atoms in total. The van der Waals surface area contributed by atoms with Crippen LogP contribution in [0.5, 0.6) is 0 Å². The zero-order chi connectivity index (χ0) is 12.1. The van der Waals surface area contributed by atoms with Crippen LogP contribution in [0.15, 0.2) is 23.4 Å². The number of amides is 1. The van der Waals surface area contributed by atoms with E-state index in [9.17, 15) is 14.9 Å². The van der Waals surface area contributed by atoms with Crippen molar-refractivity contribution in [2.75, 3.05) is 5.32 Å². The summed E-state index contributed by atoms with van der Waals surface area (Å²) in [4.78, 5) is 21.2. The SMILES string of the molecule is Cc1cccc(NC(=O)/C=N/O)c1[N+](=O)[O-]. The van der Waals surface area contributed by atoms with Gasteiger partial charge in [0.1, 0.15) is 11.9 Å².